The van der Waals surface area contributed by atoms with E-state index in [1.165, 1.54) is 0 Å². The van der Waals surface area contributed by atoms with Gasteiger partial charge in [-0.2, -0.15) is 0 Å². The molecule has 9 nitrogen and oxygen atoms in total. The summed E-state index contributed by atoms with van der Waals surface area (Å²) in [5, 5.41) is 0. The van der Waals surface area contributed by atoms with Gasteiger partial charge in [-0.15, -0.1) is 0 Å². The van der Waals surface area contributed by atoms with Crippen molar-refractivity contribution in [3.05, 3.63) is 0 Å². The van der Waals surface area contributed by atoms with Crippen LogP contribution in [-0.4, -0.2) is 34.8 Å². The predicted octanol–water partition coefficient (Wildman–Crippen LogP) is -2.68. The molecule has 0 aliphatic carbocycles. The smallest absolute Gasteiger partial charge is 0.412 e. The summed E-state index contributed by atoms with van der Waals surface area (Å²) in [4.78, 5) is 43.1. The Bertz CT molecular complexity index is 125. The zero-order valence-corrected chi connectivity index (χ0v) is 8.37. The molecule has 0 aliphatic heterocycles. The third-order valence-electron chi connectivity index (χ3n) is 0. The van der Waals surface area contributed by atoms with E-state index in [9.17, 15) is 0 Å². The maximum Gasteiger partial charge on any atom is 0.466 e. The predicted molar refractivity (Wildman–Crippen MR) is 32.1 cm³/mol. The van der Waals surface area contributed by atoms with Crippen LogP contribution in [0.4, 0.5) is 0 Å². The van der Waals surface area contributed by atoms with Crippen molar-refractivity contribution in [3.63, 3.8) is 0 Å². The van der Waals surface area contributed by atoms with Gasteiger partial charge in [-0.3, -0.25) is 0 Å². The van der Waals surface area contributed by atoms with Gasteiger partial charge in [0.25, 0.3) is 0 Å². The normalized spacial score (nSPS) is 9.83. The number of hydrogen-bond donors (Lipinski definition) is 6. The zero-order valence-electron chi connectivity index (χ0n) is 5.30. The Labute approximate surface area is 77.6 Å². The third-order valence-corrected chi connectivity index (χ3v) is 0. The molecule has 12 heavy (non-hydrogen) atoms. The number of phosphoric acid groups is 2. The van der Waals surface area contributed by atoms with Crippen LogP contribution in [0.1, 0.15) is 0 Å². The summed E-state index contributed by atoms with van der Waals surface area (Å²) in [5.41, 5.74) is 0. The van der Waals surface area contributed by atoms with Gasteiger partial charge in [-0.25, -0.2) is 9.13 Å². The maximum absolute atomic E-state index is 8.88. The largest absolute Gasteiger partial charge is 0.466 e. The van der Waals surface area contributed by atoms with Crippen molar-refractivity contribution >= 4 is 15.6 Å². The minimum absolute atomic E-state index is 0. The van der Waals surface area contributed by atoms with Crippen LogP contribution in [0.15, 0.2) is 0 Å². The molecule has 0 spiro atoms. The number of rotatable bonds is 0. The van der Waals surface area contributed by atoms with Crippen LogP contribution < -0.4 is 0 Å². The van der Waals surface area contributed by atoms with E-state index in [0.29, 0.717) is 0 Å². The first-order valence-electron chi connectivity index (χ1n) is 1.57. The first-order chi connectivity index (χ1) is 4.00. The van der Waals surface area contributed by atoms with E-state index in [1.54, 1.807) is 0 Å². The van der Waals surface area contributed by atoms with E-state index >= 15 is 0 Å². The average molecular weight is 266 g/mol. The van der Waals surface area contributed by atoms with Crippen LogP contribution in [0.5, 0.6) is 0 Å². The van der Waals surface area contributed by atoms with E-state index in [1.807, 2.05) is 0 Å². The molecule has 0 aliphatic rings. The topological polar surface area (TPSA) is 187 Å². The first kappa shape index (κ1) is 23.0. The van der Waals surface area contributed by atoms with E-state index in [-0.39, 0.29) is 22.8 Å². The second-order valence-corrected chi connectivity index (χ2v) is 3.08. The van der Waals surface area contributed by atoms with Crippen molar-refractivity contribution in [1.29, 1.82) is 0 Å². The van der Waals surface area contributed by atoms with Crippen LogP contribution in [0.2, 0.25) is 0 Å². The molecule has 0 radical (unpaired) electrons. The maximum atomic E-state index is 8.88. The summed E-state index contributed by atoms with van der Waals surface area (Å²) in [7, 11) is -9.28. The second kappa shape index (κ2) is 8.32. The van der Waals surface area contributed by atoms with Gasteiger partial charge in [0.1, 0.15) is 0 Å². The van der Waals surface area contributed by atoms with E-state index in [4.69, 9.17) is 38.5 Å². The molecular weight excluding hydrogens is 258 g/mol. The Balaban J connectivity index is -0.0000000457. The van der Waals surface area contributed by atoms with Gasteiger partial charge in [0.15, 0.2) is 0 Å². The summed E-state index contributed by atoms with van der Waals surface area (Å²) in [5.74, 6) is 0. The Morgan fingerprint density at radius 3 is 0.667 bits per heavy atom. The third kappa shape index (κ3) is 1990. The van der Waals surface area contributed by atoms with Gasteiger partial charge in [0, 0.05) is 17.4 Å². The van der Waals surface area contributed by atoms with Crippen LogP contribution in [0.3, 0.4) is 0 Å². The van der Waals surface area contributed by atoms with E-state index in [0.717, 1.165) is 0 Å². The van der Waals surface area contributed by atoms with Gasteiger partial charge >= 0.3 is 15.6 Å². The number of hydrogen-bond acceptors (Lipinski definition) is 2. The van der Waals surface area contributed by atoms with E-state index < -0.39 is 15.6 Å². The second-order valence-electron chi connectivity index (χ2n) is 1.03. The van der Waals surface area contributed by atoms with E-state index in [2.05, 4.69) is 0 Å². The summed E-state index contributed by atoms with van der Waals surface area (Å²) in [6.07, 6.45) is 0. The van der Waals surface area contributed by atoms with Gasteiger partial charge in [-0.05, 0) is 0 Å². The molecule has 0 aromatic heterocycles. The Morgan fingerprint density at radius 2 is 0.667 bits per heavy atom. The fourth-order valence-corrected chi connectivity index (χ4v) is 0. The molecule has 0 heterocycles. The quantitative estimate of drug-likeness (QED) is 0.255. The molecule has 0 aromatic carbocycles. The van der Waals surface area contributed by atoms with Crippen molar-refractivity contribution in [1.82, 2.24) is 0 Å². The standard InChI is InChI=1S/Cr.2H3O4P.H2O/c;2*1-5(2,3)4;/h;2*(H3,1,2,3,4);1H2. The SMILES string of the molecule is O.O=P(O)(O)O.O=P(O)(O)O.[Cr]. The Hall–Kier alpha value is 0.712. The molecule has 8 N–H and O–H groups in total. The molecule has 0 rings (SSSR count). The summed E-state index contributed by atoms with van der Waals surface area (Å²) in [6, 6.07) is 0. The van der Waals surface area contributed by atoms with Crippen molar-refractivity contribution in [3.8, 4) is 0 Å². The molecule has 0 unspecified atom stereocenters. The Morgan fingerprint density at radius 1 is 0.667 bits per heavy atom. The van der Waals surface area contributed by atoms with Crippen LogP contribution >= 0.6 is 15.6 Å². The summed E-state index contributed by atoms with van der Waals surface area (Å²) in [6.45, 7) is 0. The van der Waals surface area contributed by atoms with Crippen molar-refractivity contribution < 1.29 is 61.3 Å². The first-order valence-corrected chi connectivity index (χ1v) is 4.70. The van der Waals surface area contributed by atoms with Crippen LogP contribution in [-0.2, 0) is 26.5 Å². The summed E-state index contributed by atoms with van der Waals surface area (Å²) < 4.78 is 17.8. The Kier molecular flexibility index (Phi) is 15.9. The van der Waals surface area contributed by atoms with Gasteiger partial charge < -0.3 is 34.8 Å². The fraction of sp³-hybridized carbons (Fsp3) is 0. The minimum atomic E-state index is -4.64. The monoisotopic (exact) mass is 266 g/mol. The molecule has 78 valence electrons. The molecule has 0 atom stereocenters. The molecule has 0 fully saturated rings. The zero-order chi connectivity index (χ0) is 9.00. The van der Waals surface area contributed by atoms with Crippen LogP contribution in [0, 0.1) is 0 Å². The molecule has 12 heteroatoms. The summed E-state index contributed by atoms with van der Waals surface area (Å²) >= 11 is 0. The van der Waals surface area contributed by atoms with Crippen molar-refractivity contribution in [2.75, 3.05) is 0 Å². The van der Waals surface area contributed by atoms with Crippen LogP contribution in [0.25, 0.3) is 0 Å². The van der Waals surface area contributed by atoms with Gasteiger partial charge in [0.2, 0.25) is 0 Å². The van der Waals surface area contributed by atoms with Gasteiger partial charge in [0.05, 0.1) is 0 Å². The van der Waals surface area contributed by atoms with Gasteiger partial charge in [-0.1, -0.05) is 0 Å². The van der Waals surface area contributed by atoms with Crippen molar-refractivity contribution in [2.24, 2.45) is 0 Å². The molecular formula is H8CrO9P2. The molecule has 0 bridgehead atoms. The molecule has 0 saturated carbocycles. The average Bonchev–Trinajstić information content (AvgIpc) is 1.12. The molecule has 0 saturated heterocycles. The fourth-order valence-electron chi connectivity index (χ4n) is 0. The minimum Gasteiger partial charge on any atom is -0.412 e. The molecule has 0 amide bonds. The molecule has 0 aromatic rings. The van der Waals surface area contributed by atoms with Crippen molar-refractivity contribution in [2.45, 2.75) is 0 Å².